The molecular weight excluding hydrogens is 510 g/mol. The van der Waals surface area contributed by atoms with Gasteiger partial charge < -0.3 is 10.6 Å². The maximum Gasteiger partial charge on any atom is 0.434 e. The van der Waals surface area contributed by atoms with Crippen molar-refractivity contribution in [1.82, 2.24) is 15.6 Å². The Morgan fingerprint density at radius 1 is 1.36 bits per heavy atom. The lowest BCUT2D eigenvalue weighted by Gasteiger charge is -2.10. The van der Waals surface area contributed by atoms with Crippen LogP contribution in [0.4, 0.5) is 18.9 Å². The summed E-state index contributed by atoms with van der Waals surface area (Å²) in [5, 5.41) is 18.2. The third-order valence-electron chi connectivity index (χ3n) is 3.36. The largest absolute Gasteiger partial charge is 0.434 e. The molecule has 0 aliphatic carbocycles. The smallest absolute Gasteiger partial charge is 0.357 e. The number of hydrogen-bond acceptors (Lipinski definition) is 5. The number of nitrogens with one attached hydrogen (secondary N) is 2. The third-order valence-corrected chi connectivity index (χ3v) is 4.27. The molecule has 0 unspecified atom stereocenters. The standard InChI is InChI=1S/C16H18F3N5O2S.HI/c1-2-20-15(22-9-11-4-3-5-12(8-11)24(25)26)21-7-6-14-23-13(10-27-14)16(17,18)19;/h3-5,8,10H,2,6-7,9H2,1H3,(H2,20,21,22);1H. The van der Waals surface area contributed by atoms with Gasteiger partial charge in [0.25, 0.3) is 5.69 Å². The van der Waals surface area contributed by atoms with E-state index in [1.807, 2.05) is 6.92 Å². The first-order chi connectivity index (χ1) is 12.8. The molecule has 1 aromatic carbocycles. The summed E-state index contributed by atoms with van der Waals surface area (Å²) in [7, 11) is 0. The van der Waals surface area contributed by atoms with Gasteiger partial charge in [-0.25, -0.2) is 9.98 Å². The molecule has 0 spiro atoms. The molecule has 154 valence electrons. The summed E-state index contributed by atoms with van der Waals surface area (Å²) in [5.74, 6) is 0.469. The van der Waals surface area contributed by atoms with Crippen molar-refractivity contribution in [2.75, 3.05) is 13.1 Å². The Bertz CT molecular complexity index is 814. The summed E-state index contributed by atoms with van der Waals surface area (Å²) in [6.45, 7) is 3.05. The third kappa shape index (κ3) is 7.58. The second-order valence-electron chi connectivity index (χ2n) is 5.42. The molecule has 0 atom stereocenters. The van der Waals surface area contributed by atoms with Gasteiger partial charge in [0.15, 0.2) is 11.7 Å². The lowest BCUT2D eigenvalue weighted by molar-refractivity contribution is -0.384. The van der Waals surface area contributed by atoms with E-state index in [1.165, 1.54) is 12.1 Å². The van der Waals surface area contributed by atoms with Crippen LogP contribution in [0.15, 0.2) is 34.6 Å². The van der Waals surface area contributed by atoms with Crippen LogP contribution >= 0.6 is 35.3 Å². The number of guanidine groups is 1. The highest BCUT2D eigenvalue weighted by molar-refractivity contribution is 14.0. The lowest BCUT2D eigenvalue weighted by Crippen LogP contribution is -2.38. The van der Waals surface area contributed by atoms with Gasteiger partial charge >= 0.3 is 6.18 Å². The molecule has 2 aromatic rings. The van der Waals surface area contributed by atoms with Crippen LogP contribution in [0.25, 0.3) is 0 Å². The van der Waals surface area contributed by atoms with Gasteiger partial charge in [0.2, 0.25) is 0 Å². The highest BCUT2D eigenvalue weighted by atomic mass is 127. The van der Waals surface area contributed by atoms with Crippen molar-refractivity contribution >= 4 is 47.0 Å². The number of nitro benzene ring substituents is 1. The monoisotopic (exact) mass is 529 g/mol. The van der Waals surface area contributed by atoms with Crippen molar-refractivity contribution < 1.29 is 18.1 Å². The molecule has 12 heteroatoms. The van der Waals surface area contributed by atoms with Crippen LogP contribution < -0.4 is 10.6 Å². The van der Waals surface area contributed by atoms with Crippen LogP contribution in [-0.4, -0.2) is 29.0 Å². The van der Waals surface area contributed by atoms with Crippen LogP contribution in [0, 0.1) is 10.1 Å². The van der Waals surface area contributed by atoms with E-state index in [1.54, 1.807) is 12.1 Å². The topological polar surface area (TPSA) is 92.5 Å². The number of benzene rings is 1. The Hall–Kier alpha value is -1.96. The summed E-state index contributed by atoms with van der Waals surface area (Å²) in [5.41, 5.74) is -0.213. The van der Waals surface area contributed by atoms with Crippen LogP contribution in [-0.2, 0) is 19.1 Å². The molecule has 0 bridgehead atoms. The van der Waals surface area contributed by atoms with Crippen molar-refractivity contribution in [3.05, 3.63) is 56.0 Å². The molecule has 2 N–H and O–H groups in total. The zero-order valence-corrected chi connectivity index (χ0v) is 18.0. The minimum absolute atomic E-state index is 0. The number of nitro groups is 1. The molecule has 0 aliphatic heterocycles. The molecule has 0 saturated carbocycles. The van der Waals surface area contributed by atoms with E-state index < -0.39 is 16.8 Å². The summed E-state index contributed by atoms with van der Waals surface area (Å²) in [6.07, 6.45) is -4.11. The molecule has 0 aliphatic rings. The average Bonchev–Trinajstić information content (AvgIpc) is 3.09. The Balaban J connectivity index is 0.00000392. The molecule has 7 nitrogen and oxygen atoms in total. The van der Waals surface area contributed by atoms with Gasteiger partial charge in [0.1, 0.15) is 0 Å². The minimum Gasteiger partial charge on any atom is -0.357 e. The summed E-state index contributed by atoms with van der Waals surface area (Å²) < 4.78 is 37.6. The van der Waals surface area contributed by atoms with Gasteiger partial charge in [-0.05, 0) is 12.5 Å². The van der Waals surface area contributed by atoms with Crippen LogP contribution in [0.2, 0.25) is 0 Å². The first-order valence-electron chi connectivity index (χ1n) is 8.06. The normalized spacial score (nSPS) is 11.6. The van der Waals surface area contributed by atoms with Crippen LogP contribution in [0.1, 0.15) is 23.2 Å². The number of halogens is 4. The Labute approximate surface area is 180 Å². The first-order valence-corrected chi connectivity index (χ1v) is 8.94. The van der Waals surface area contributed by atoms with E-state index in [2.05, 4.69) is 20.6 Å². The van der Waals surface area contributed by atoms with Gasteiger partial charge in [-0.2, -0.15) is 13.2 Å². The number of nitrogens with zero attached hydrogens (tertiary/aromatic N) is 3. The number of alkyl halides is 3. The number of non-ortho nitro benzene ring substituents is 1. The SMILES string of the molecule is CCNC(=NCc1cccc([N+](=O)[O-])c1)NCCc1nc(C(F)(F)F)cs1.I. The number of aromatic nitrogens is 1. The van der Waals surface area contributed by atoms with E-state index in [4.69, 9.17) is 0 Å². The van der Waals surface area contributed by atoms with E-state index in [0.29, 0.717) is 36.0 Å². The Morgan fingerprint density at radius 3 is 2.71 bits per heavy atom. The lowest BCUT2D eigenvalue weighted by atomic mass is 10.2. The highest BCUT2D eigenvalue weighted by Crippen LogP contribution is 2.30. The van der Waals surface area contributed by atoms with Gasteiger partial charge in [-0.1, -0.05) is 12.1 Å². The zero-order chi connectivity index (χ0) is 19.9. The summed E-state index contributed by atoms with van der Waals surface area (Å²) >= 11 is 0.961. The van der Waals surface area contributed by atoms with Gasteiger partial charge in [0.05, 0.1) is 16.5 Å². The second kappa shape index (κ2) is 11.1. The number of hydrogen-bond donors (Lipinski definition) is 2. The molecule has 0 amide bonds. The van der Waals surface area contributed by atoms with Crippen molar-refractivity contribution in [3.8, 4) is 0 Å². The molecule has 1 heterocycles. The maximum absolute atomic E-state index is 12.5. The van der Waals surface area contributed by atoms with Crippen molar-refractivity contribution in [1.29, 1.82) is 0 Å². The number of rotatable bonds is 7. The van der Waals surface area contributed by atoms with Gasteiger partial charge in [0, 0.05) is 37.0 Å². The van der Waals surface area contributed by atoms with E-state index in [0.717, 1.165) is 16.7 Å². The second-order valence-corrected chi connectivity index (χ2v) is 6.37. The predicted molar refractivity (Wildman–Crippen MR) is 112 cm³/mol. The molecule has 28 heavy (non-hydrogen) atoms. The molecular formula is C16H19F3IN5O2S. The summed E-state index contributed by atoms with van der Waals surface area (Å²) in [4.78, 5) is 18.2. The van der Waals surface area contributed by atoms with E-state index >= 15 is 0 Å². The number of thiazole rings is 1. The molecule has 1 aromatic heterocycles. The van der Waals surface area contributed by atoms with E-state index in [9.17, 15) is 23.3 Å². The molecule has 0 radical (unpaired) electrons. The molecule has 0 saturated heterocycles. The Kier molecular flexibility index (Phi) is 9.58. The van der Waals surface area contributed by atoms with Gasteiger partial charge in [-0.15, -0.1) is 35.3 Å². The van der Waals surface area contributed by atoms with Crippen LogP contribution in [0.3, 0.4) is 0 Å². The first kappa shape index (κ1) is 24.1. The predicted octanol–water partition coefficient (Wildman–Crippen LogP) is 3.99. The quantitative estimate of drug-likeness (QED) is 0.186. The van der Waals surface area contributed by atoms with Crippen LogP contribution in [0.5, 0.6) is 0 Å². The van der Waals surface area contributed by atoms with Crippen molar-refractivity contribution in [2.45, 2.75) is 26.1 Å². The zero-order valence-electron chi connectivity index (χ0n) is 14.8. The maximum atomic E-state index is 12.5. The summed E-state index contributed by atoms with van der Waals surface area (Å²) in [6, 6.07) is 6.17. The van der Waals surface area contributed by atoms with Crippen molar-refractivity contribution in [2.24, 2.45) is 4.99 Å². The molecule has 0 fully saturated rings. The highest BCUT2D eigenvalue weighted by Gasteiger charge is 2.33. The van der Waals surface area contributed by atoms with Crippen molar-refractivity contribution in [3.63, 3.8) is 0 Å². The Morgan fingerprint density at radius 2 is 2.11 bits per heavy atom. The van der Waals surface area contributed by atoms with Gasteiger partial charge in [-0.3, -0.25) is 10.1 Å². The minimum atomic E-state index is -4.43. The molecule has 2 rings (SSSR count). The fraction of sp³-hybridized carbons (Fsp3) is 0.375. The fourth-order valence-electron chi connectivity index (χ4n) is 2.12. The fourth-order valence-corrected chi connectivity index (χ4v) is 2.93. The average molecular weight is 529 g/mol. The number of aliphatic imine (C=N–C) groups is 1. The van der Waals surface area contributed by atoms with E-state index in [-0.39, 0.29) is 36.2 Å².